The highest BCUT2D eigenvalue weighted by Gasteiger charge is 2.22. The molecule has 1 aromatic heterocycles. The van der Waals surface area contributed by atoms with Crippen LogP contribution in [0.4, 0.5) is 0 Å². The van der Waals surface area contributed by atoms with E-state index in [2.05, 4.69) is 15.5 Å². The van der Waals surface area contributed by atoms with Gasteiger partial charge in [0.1, 0.15) is 0 Å². The summed E-state index contributed by atoms with van der Waals surface area (Å²) < 4.78 is 57.8. The van der Waals surface area contributed by atoms with E-state index >= 15 is 0 Å². The average Bonchev–Trinajstić information content (AvgIpc) is 3.02. The first-order valence-electron chi connectivity index (χ1n) is 7.04. The molecule has 0 aliphatic heterocycles. The molecule has 1 N–H and O–H groups in total. The lowest BCUT2D eigenvalue weighted by Crippen LogP contribution is -2.04. The Balaban J connectivity index is 1.98. The second-order valence-electron chi connectivity index (χ2n) is 5.20. The van der Waals surface area contributed by atoms with Gasteiger partial charge in [0, 0.05) is 0 Å². The Labute approximate surface area is 153 Å². The number of aryl methyl sites for hydroxylation is 1. The minimum atomic E-state index is -4.42. The number of benzene rings is 2. The first kappa shape index (κ1) is 18.5. The van der Waals surface area contributed by atoms with Crippen molar-refractivity contribution in [2.75, 3.05) is 0 Å². The fourth-order valence-electron chi connectivity index (χ4n) is 2.02. The summed E-state index contributed by atoms with van der Waals surface area (Å²) >= 11 is 0. The number of hydrogen-bond acceptors (Lipinski definition) is 8. The van der Waals surface area contributed by atoms with Gasteiger partial charge in [0.25, 0.3) is 10.1 Å². The Morgan fingerprint density at radius 2 is 1.69 bits per heavy atom. The normalized spacial score (nSPS) is 12.2. The van der Waals surface area contributed by atoms with Crippen molar-refractivity contribution in [2.24, 2.45) is 0 Å². The smallest absolute Gasteiger partial charge is 0.282 e. The molecule has 0 atom stereocenters. The molecule has 9 nitrogen and oxygen atoms in total. The summed E-state index contributed by atoms with van der Waals surface area (Å²) in [6.07, 6.45) is 0. The first-order chi connectivity index (χ1) is 12.2. The van der Waals surface area contributed by atoms with Crippen molar-refractivity contribution in [3.63, 3.8) is 0 Å². The number of tetrazole rings is 1. The van der Waals surface area contributed by atoms with Crippen LogP contribution >= 0.6 is 10.8 Å². The lowest BCUT2D eigenvalue weighted by atomic mass is 10.2. The van der Waals surface area contributed by atoms with E-state index in [1.807, 2.05) is 6.92 Å². The number of aromatic nitrogens is 4. The fourth-order valence-corrected chi connectivity index (χ4v) is 5.11. The standard InChI is InChI=1S/C14H12N4O5S3/c1-10-5-7-12(8-6-10)26(22,23)24-14-15-16-17-18(14)11-3-2-4-13(9-11)25(19,20)21/h2-9H,1H3,(H,19,20,21). The van der Waals surface area contributed by atoms with Gasteiger partial charge in [0.15, 0.2) is 0 Å². The molecule has 26 heavy (non-hydrogen) atoms. The Hall–Kier alpha value is -2.28. The third-order valence-corrected chi connectivity index (χ3v) is 7.30. The third-order valence-electron chi connectivity index (χ3n) is 3.29. The fraction of sp³-hybridized carbons (Fsp3) is 0.0714. The van der Waals surface area contributed by atoms with Crippen LogP contribution in [0.3, 0.4) is 0 Å². The van der Waals surface area contributed by atoms with Gasteiger partial charge in [-0.05, 0) is 47.7 Å². The number of hydrogen-bond donors (Lipinski definition) is 1. The molecule has 3 rings (SSSR count). The Morgan fingerprint density at radius 3 is 2.35 bits per heavy atom. The Bertz CT molecular complexity index is 1160. The molecular weight excluding hydrogens is 400 g/mol. The zero-order chi connectivity index (χ0) is 18.9. The van der Waals surface area contributed by atoms with E-state index in [0.717, 1.165) is 16.3 Å². The SMILES string of the molecule is Cc1ccc(S(=O)(=O)Sc2nnnn2-c2cccc(S(=O)(=O)O)c2)cc1. The minimum absolute atomic E-state index is 0.0712. The predicted octanol–water partition coefficient (Wildman–Crippen LogP) is 1.70. The van der Waals surface area contributed by atoms with Crippen molar-refractivity contribution in [3.8, 4) is 5.69 Å². The van der Waals surface area contributed by atoms with E-state index < -0.39 is 19.0 Å². The predicted molar refractivity (Wildman–Crippen MR) is 93.2 cm³/mol. The van der Waals surface area contributed by atoms with Gasteiger partial charge in [-0.25, -0.2) is 8.42 Å². The summed E-state index contributed by atoms with van der Waals surface area (Å²) in [6, 6.07) is 11.5. The molecule has 0 amide bonds. The largest absolute Gasteiger partial charge is 0.294 e. The van der Waals surface area contributed by atoms with Crippen molar-refractivity contribution < 1.29 is 21.4 Å². The monoisotopic (exact) mass is 412 g/mol. The third kappa shape index (κ3) is 3.93. The summed E-state index contributed by atoms with van der Waals surface area (Å²) in [4.78, 5) is -0.267. The molecule has 136 valence electrons. The summed E-state index contributed by atoms with van der Waals surface area (Å²) in [6.45, 7) is 1.84. The van der Waals surface area contributed by atoms with E-state index in [-0.39, 0.29) is 20.6 Å². The molecule has 0 fully saturated rings. The van der Waals surface area contributed by atoms with Gasteiger partial charge in [0.2, 0.25) is 14.0 Å². The maximum absolute atomic E-state index is 12.5. The molecular formula is C14H12N4O5S3. The van der Waals surface area contributed by atoms with Crippen LogP contribution in [0, 0.1) is 6.92 Å². The van der Waals surface area contributed by atoms with Crippen LogP contribution in [0.15, 0.2) is 63.5 Å². The van der Waals surface area contributed by atoms with Gasteiger partial charge < -0.3 is 0 Å². The van der Waals surface area contributed by atoms with Crippen molar-refractivity contribution >= 4 is 29.8 Å². The van der Waals surface area contributed by atoms with Gasteiger partial charge in [-0.15, -0.1) is 5.10 Å². The van der Waals surface area contributed by atoms with E-state index in [1.54, 1.807) is 12.1 Å². The lowest BCUT2D eigenvalue weighted by molar-refractivity contribution is 0.483. The molecule has 0 aliphatic carbocycles. The molecule has 2 aromatic carbocycles. The second kappa shape index (κ2) is 6.79. The molecule has 0 spiro atoms. The highest BCUT2D eigenvalue weighted by Crippen LogP contribution is 2.30. The van der Waals surface area contributed by atoms with E-state index in [4.69, 9.17) is 4.55 Å². The van der Waals surface area contributed by atoms with Crippen LogP contribution < -0.4 is 0 Å². The zero-order valence-electron chi connectivity index (χ0n) is 13.2. The van der Waals surface area contributed by atoms with Crippen LogP contribution in [0.1, 0.15) is 5.56 Å². The molecule has 0 unspecified atom stereocenters. The second-order valence-corrected chi connectivity index (χ2v) is 10.3. The average molecular weight is 412 g/mol. The highest BCUT2D eigenvalue weighted by atomic mass is 33.1. The minimum Gasteiger partial charge on any atom is -0.282 e. The van der Waals surface area contributed by atoms with E-state index in [9.17, 15) is 16.8 Å². The summed E-state index contributed by atoms with van der Waals surface area (Å²) in [5, 5.41) is 10.8. The first-order valence-corrected chi connectivity index (χ1v) is 11.3. The van der Waals surface area contributed by atoms with Crippen molar-refractivity contribution in [2.45, 2.75) is 21.9 Å². The molecule has 0 radical (unpaired) electrons. The number of nitrogens with zero attached hydrogens (tertiary/aromatic N) is 4. The van der Waals surface area contributed by atoms with E-state index in [0.29, 0.717) is 10.8 Å². The number of rotatable bonds is 5. The Morgan fingerprint density at radius 1 is 1.00 bits per heavy atom. The maximum Gasteiger partial charge on any atom is 0.294 e. The quantitative estimate of drug-likeness (QED) is 0.491. The molecule has 0 saturated heterocycles. The van der Waals surface area contributed by atoms with Crippen LogP contribution in [0.25, 0.3) is 5.69 Å². The molecule has 0 saturated carbocycles. The molecule has 12 heteroatoms. The Kier molecular flexibility index (Phi) is 4.84. The summed E-state index contributed by atoms with van der Waals surface area (Å²) in [5.74, 6) is 0. The maximum atomic E-state index is 12.5. The van der Waals surface area contributed by atoms with Crippen LogP contribution in [-0.2, 0) is 19.0 Å². The summed E-state index contributed by atoms with van der Waals surface area (Å²) in [5.41, 5.74) is 1.10. The van der Waals surface area contributed by atoms with E-state index in [1.165, 1.54) is 30.3 Å². The van der Waals surface area contributed by atoms with Crippen molar-refractivity contribution in [3.05, 3.63) is 54.1 Å². The molecule has 1 heterocycles. The topological polar surface area (TPSA) is 132 Å². The van der Waals surface area contributed by atoms with Gasteiger partial charge in [0.05, 0.1) is 26.3 Å². The van der Waals surface area contributed by atoms with Gasteiger partial charge in [-0.1, -0.05) is 23.8 Å². The zero-order valence-corrected chi connectivity index (χ0v) is 15.7. The van der Waals surface area contributed by atoms with Crippen LogP contribution in [0.2, 0.25) is 0 Å². The molecule has 3 aromatic rings. The van der Waals surface area contributed by atoms with Crippen LogP contribution in [-0.4, -0.2) is 41.6 Å². The van der Waals surface area contributed by atoms with Gasteiger partial charge >= 0.3 is 0 Å². The molecule has 0 bridgehead atoms. The molecule has 0 aliphatic rings. The van der Waals surface area contributed by atoms with Gasteiger partial charge in [-0.3, -0.25) is 4.55 Å². The van der Waals surface area contributed by atoms with Gasteiger partial charge in [-0.2, -0.15) is 13.1 Å². The highest BCUT2D eigenvalue weighted by molar-refractivity contribution is 8.72. The van der Waals surface area contributed by atoms with Crippen LogP contribution in [0.5, 0.6) is 0 Å². The van der Waals surface area contributed by atoms with Crippen molar-refractivity contribution in [1.29, 1.82) is 0 Å². The van der Waals surface area contributed by atoms with Crippen molar-refractivity contribution in [1.82, 2.24) is 20.2 Å². The lowest BCUT2D eigenvalue weighted by Gasteiger charge is -2.06. The summed E-state index contributed by atoms with van der Waals surface area (Å²) in [7, 11) is -7.77.